The summed E-state index contributed by atoms with van der Waals surface area (Å²) in [6.45, 7) is 4.96. The summed E-state index contributed by atoms with van der Waals surface area (Å²) in [4.78, 5) is 2.18. The summed E-state index contributed by atoms with van der Waals surface area (Å²) in [5, 5.41) is 9.13. The predicted molar refractivity (Wildman–Crippen MR) is 121 cm³/mol. The van der Waals surface area contributed by atoms with E-state index in [2.05, 4.69) is 26.9 Å². The monoisotopic (exact) mass is 495 g/mol. The Bertz CT molecular complexity index is 1040. The Kier molecular flexibility index (Phi) is 6.90. The first-order chi connectivity index (χ1) is 13.7. The van der Waals surface area contributed by atoms with Crippen LogP contribution in [-0.4, -0.2) is 37.1 Å². The van der Waals surface area contributed by atoms with Crippen LogP contribution in [0.5, 0.6) is 0 Å². The van der Waals surface area contributed by atoms with Crippen molar-refractivity contribution >= 4 is 43.2 Å². The maximum absolute atomic E-state index is 12.6. The van der Waals surface area contributed by atoms with Gasteiger partial charge in [0, 0.05) is 35.8 Å². The number of anilines is 1. The number of sulfonamides is 1. The molecule has 8 heteroatoms. The number of benzene rings is 2. The third-order valence-corrected chi connectivity index (χ3v) is 8.55. The van der Waals surface area contributed by atoms with Gasteiger partial charge in [0.2, 0.25) is 10.0 Å². The molecule has 0 aromatic heterocycles. The Morgan fingerprint density at radius 2 is 2.03 bits per heavy atom. The Morgan fingerprint density at radius 3 is 2.66 bits per heavy atom. The molecular weight excluding hydrogens is 474 g/mol. The zero-order valence-electron chi connectivity index (χ0n) is 16.3. The van der Waals surface area contributed by atoms with E-state index in [0.717, 1.165) is 22.1 Å². The van der Waals surface area contributed by atoms with Gasteiger partial charge < -0.3 is 4.90 Å². The molecule has 154 valence electrons. The zero-order valence-corrected chi connectivity index (χ0v) is 19.5. The minimum Gasteiger partial charge on any atom is -0.363 e. The highest BCUT2D eigenvalue weighted by Crippen LogP contribution is 2.31. The molecule has 2 aromatic rings. The molecule has 3 rings (SSSR count). The van der Waals surface area contributed by atoms with Gasteiger partial charge in [-0.15, -0.1) is 0 Å². The number of hydrogen-bond acceptors (Lipinski definition) is 4. The van der Waals surface area contributed by atoms with Crippen LogP contribution in [0.4, 0.5) is 5.69 Å². The number of rotatable bonds is 6. The van der Waals surface area contributed by atoms with Crippen LogP contribution in [0, 0.1) is 11.3 Å². The molecule has 2 aromatic carbocycles. The summed E-state index contributed by atoms with van der Waals surface area (Å²) in [6, 6.07) is 15.4. The normalized spacial score (nSPS) is 17.4. The number of hydrogen-bond donors (Lipinski definition) is 0. The van der Waals surface area contributed by atoms with Crippen molar-refractivity contribution in [3.05, 3.63) is 63.1 Å². The minimum atomic E-state index is -3.30. The van der Waals surface area contributed by atoms with Gasteiger partial charge >= 0.3 is 0 Å². The first-order valence-electron chi connectivity index (χ1n) is 9.42. The second kappa shape index (κ2) is 9.05. The molecule has 1 heterocycles. The third kappa shape index (κ3) is 4.77. The molecule has 1 aliphatic heterocycles. The summed E-state index contributed by atoms with van der Waals surface area (Å²) in [5.41, 5.74) is 2.39. The van der Waals surface area contributed by atoms with Gasteiger partial charge in [0.25, 0.3) is 0 Å². The van der Waals surface area contributed by atoms with Crippen LogP contribution in [0.1, 0.15) is 31.4 Å². The lowest BCUT2D eigenvalue weighted by molar-refractivity contribution is 0.461. The topological polar surface area (TPSA) is 64.4 Å². The van der Waals surface area contributed by atoms with Crippen LogP contribution in [-0.2, 0) is 16.6 Å². The fourth-order valence-electron chi connectivity index (χ4n) is 3.51. The summed E-state index contributed by atoms with van der Waals surface area (Å²) in [5.74, 6) is 0. The fraction of sp³-hybridized carbons (Fsp3) is 0.381. The summed E-state index contributed by atoms with van der Waals surface area (Å²) < 4.78 is 27.8. The largest absolute Gasteiger partial charge is 0.363 e. The van der Waals surface area contributed by atoms with E-state index in [1.807, 2.05) is 30.3 Å². The SMILES string of the molecule is CC(C)S(=O)(=O)N1CC[C@H](N(Cc2ccccc2Br)c2ccc(C#N)c(Cl)c2)C1. The molecule has 0 aliphatic carbocycles. The van der Waals surface area contributed by atoms with Crippen molar-refractivity contribution in [3.63, 3.8) is 0 Å². The number of nitriles is 1. The molecule has 29 heavy (non-hydrogen) atoms. The van der Waals surface area contributed by atoms with Gasteiger partial charge in [-0.25, -0.2) is 8.42 Å². The first kappa shape index (κ1) is 22.1. The van der Waals surface area contributed by atoms with Gasteiger partial charge in [-0.05, 0) is 50.1 Å². The fourth-order valence-corrected chi connectivity index (χ4v) is 5.47. The molecule has 0 spiro atoms. The molecule has 1 aliphatic rings. The average Bonchev–Trinajstić information content (AvgIpc) is 3.18. The highest BCUT2D eigenvalue weighted by Gasteiger charge is 2.36. The summed E-state index contributed by atoms with van der Waals surface area (Å²) in [6.07, 6.45) is 0.730. The van der Waals surface area contributed by atoms with E-state index in [0.29, 0.717) is 30.2 Å². The number of halogens is 2. The smallest absolute Gasteiger partial charge is 0.216 e. The average molecular weight is 497 g/mol. The van der Waals surface area contributed by atoms with Gasteiger partial charge in [-0.1, -0.05) is 45.7 Å². The van der Waals surface area contributed by atoms with Crippen molar-refractivity contribution in [1.29, 1.82) is 5.26 Å². The zero-order chi connectivity index (χ0) is 21.2. The standard InChI is InChI=1S/C21H23BrClN3O2S/c1-15(2)29(27,28)25-10-9-19(14-25)26(13-17-5-3-4-6-20(17)22)18-8-7-16(12-24)21(23)11-18/h3-8,11,15,19H,9-10,13-14H2,1-2H3/t19-/m0/s1. The molecule has 1 atom stereocenters. The van der Waals surface area contributed by atoms with E-state index in [9.17, 15) is 13.7 Å². The van der Waals surface area contributed by atoms with Crippen LogP contribution in [0.2, 0.25) is 5.02 Å². The molecule has 0 saturated carbocycles. The molecule has 1 fully saturated rings. The van der Waals surface area contributed by atoms with Crippen molar-refractivity contribution in [3.8, 4) is 6.07 Å². The predicted octanol–water partition coefficient (Wildman–Crippen LogP) is 4.79. The van der Waals surface area contributed by atoms with Gasteiger partial charge in [-0.2, -0.15) is 9.57 Å². The lowest BCUT2D eigenvalue weighted by atomic mass is 10.1. The van der Waals surface area contributed by atoms with E-state index < -0.39 is 15.3 Å². The Morgan fingerprint density at radius 1 is 1.31 bits per heavy atom. The van der Waals surface area contributed by atoms with Crippen molar-refractivity contribution in [2.45, 2.75) is 38.1 Å². The quantitative estimate of drug-likeness (QED) is 0.576. The number of nitrogens with zero attached hydrogens (tertiary/aromatic N) is 3. The maximum Gasteiger partial charge on any atom is 0.216 e. The second-order valence-electron chi connectivity index (χ2n) is 7.39. The second-order valence-corrected chi connectivity index (χ2v) is 11.1. The molecule has 0 radical (unpaired) electrons. The molecule has 0 amide bonds. The van der Waals surface area contributed by atoms with Gasteiger partial charge in [0.1, 0.15) is 6.07 Å². The lowest BCUT2D eigenvalue weighted by Gasteiger charge is -2.32. The molecular formula is C21H23BrClN3O2S. The van der Waals surface area contributed by atoms with Crippen molar-refractivity contribution in [2.75, 3.05) is 18.0 Å². The van der Waals surface area contributed by atoms with Crippen molar-refractivity contribution in [1.82, 2.24) is 4.31 Å². The Labute approximate surface area is 186 Å². The highest BCUT2D eigenvalue weighted by molar-refractivity contribution is 9.10. The van der Waals surface area contributed by atoms with Crippen LogP contribution in [0.25, 0.3) is 0 Å². The highest BCUT2D eigenvalue weighted by atomic mass is 79.9. The Balaban J connectivity index is 1.95. The summed E-state index contributed by atoms with van der Waals surface area (Å²) in [7, 11) is -3.30. The van der Waals surface area contributed by atoms with Crippen LogP contribution in [0.3, 0.4) is 0 Å². The van der Waals surface area contributed by atoms with Crippen LogP contribution < -0.4 is 4.90 Å². The minimum absolute atomic E-state index is 0.0135. The summed E-state index contributed by atoms with van der Waals surface area (Å²) >= 11 is 9.90. The first-order valence-corrected chi connectivity index (χ1v) is 12.1. The van der Waals surface area contributed by atoms with Gasteiger partial charge in [0.05, 0.1) is 15.8 Å². The van der Waals surface area contributed by atoms with E-state index >= 15 is 0 Å². The van der Waals surface area contributed by atoms with Crippen LogP contribution >= 0.6 is 27.5 Å². The third-order valence-electron chi connectivity index (χ3n) is 5.23. The lowest BCUT2D eigenvalue weighted by Crippen LogP contribution is -2.40. The maximum atomic E-state index is 12.6. The van der Waals surface area contributed by atoms with Crippen LogP contribution in [0.15, 0.2) is 46.9 Å². The van der Waals surface area contributed by atoms with E-state index in [1.165, 1.54) is 0 Å². The molecule has 1 saturated heterocycles. The molecule has 0 unspecified atom stereocenters. The van der Waals surface area contributed by atoms with Crippen molar-refractivity contribution < 1.29 is 8.42 Å². The van der Waals surface area contributed by atoms with Crippen molar-refractivity contribution in [2.24, 2.45) is 0 Å². The van der Waals surface area contributed by atoms with Gasteiger partial charge in [0.15, 0.2) is 0 Å². The Hall–Kier alpha value is -1.59. The van der Waals surface area contributed by atoms with Gasteiger partial charge in [-0.3, -0.25) is 0 Å². The van der Waals surface area contributed by atoms with E-state index in [1.54, 1.807) is 30.3 Å². The molecule has 0 bridgehead atoms. The molecule has 0 N–H and O–H groups in total. The molecule has 5 nitrogen and oxygen atoms in total. The van der Waals surface area contributed by atoms with E-state index in [-0.39, 0.29) is 6.04 Å². The van der Waals surface area contributed by atoms with E-state index in [4.69, 9.17) is 11.6 Å².